The molecular weight excluding hydrogens is 272 g/mol. The maximum absolute atomic E-state index is 4.38. The maximum atomic E-state index is 4.38. The number of hydrazone groups is 2. The Morgan fingerprint density at radius 1 is 0.682 bits per heavy atom. The highest BCUT2D eigenvalue weighted by Crippen LogP contribution is 2.07. The molecule has 0 radical (unpaired) electrons. The van der Waals surface area contributed by atoms with Gasteiger partial charge in [-0.2, -0.15) is 10.2 Å². The third-order valence-corrected chi connectivity index (χ3v) is 3.15. The van der Waals surface area contributed by atoms with Crippen LogP contribution in [0.25, 0.3) is 0 Å². The van der Waals surface area contributed by atoms with E-state index in [4.69, 9.17) is 0 Å². The van der Waals surface area contributed by atoms with Gasteiger partial charge in [-0.15, -0.1) is 0 Å². The molecule has 2 rings (SSSR count). The second-order valence-corrected chi connectivity index (χ2v) is 5.15. The van der Waals surface area contributed by atoms with Gasteiger partial charge in [-0.1, -0.05) is 36.4 Å². The predicted octanol–water partition coefficient (Wildman–Crippen LogP) is 4.74. The lowest BCUT2D eigenvalue weighted by molar-refractivity contribution is 1.09. The zero-order valence-electron chi connectivity index (χ0n) is 13.1. The van der Waals surface area contributed by atoms with Crippen molar-refractivity contribution in [3.63, 3.8) is 0 Å². The molecule has 0 saturated heterocycles. The van der Waals surface area contributed by atoms with Crippen LogP contribution in [0.3, 0.4) is 0 Å². The highest BCUT2D eigenvalue weighted by atomic mass is 15.3. The molecule has 0 spiro atoms. The van der Waals surface area contributed by atoms with Crippen LogP contribution in [0.1, 0.15) is 26.7 Å². The molecule has 0 saturated carbocycles. The van der Waals surface area contributed by atoms with E-state index in [1.807, 2.05) is 74.5 Å². The molecule has 0 aliphatic rings. The Morgan fingerprint density at radius 2 is 1.05 bits per heavy atom. The summed E-state index contributed by atoms with van der Waals surface area (Å²) in [4.78, 5) is 0. The Balaban J connectivity index is 1.76. The van der Waals surface area contributed by atoms with E-state index in [9.17, 15) is 0 Å². The highest BCUT2D eigenvalue weighted by molar-refractivity contribution is 5.89. The number of rotatable bonds is 7. The monoisotopic (exact) mass is 294 g/mol. The number of hydrogen-bond acceptors (Lipinski definition) is 4. The molecule has 0 aliphatic heterocycles. The number of nitrogens with zero attached hydrogens (tertiary/aromatic N) is 2. The van der Waals surface area contributed by atoms with Gasteiger partial charge in [-0.05, 0) is 51.0 Å². The SMILES string of the molecule is CC(CCC(C)=NNc1ccccc1)=NNc1ccccc1. The third-order valence-electron chi connectivity index (χ3n) is 3.15. The van der Waals surface area contributed by atoms with Gasteiger partial charge in [0.25, 0.3) is 0 Å². The average Bonchev–Trinajstić information content (AvgIpc) is 2.58. The average molecular weight is 294 g/mol. The predicted molar refractivity (Wildman–Crippen MR) is 95.6 cm³/mol. The minimum Gasteiger partial charge on any atom is -0.279 e. The van der Waals surface area contributed by atoms with E-state index in [0.29, 0.717) is 0 Å². The Hall–Kier alpha value is -2.62. The molecule has 22 heavy (non-hydrogen) atoms. The van der Waals surface area contributed by atoms with Gasteiger partial charge in [-0.3, -0.25) is 10.9 Å². The first kappa shape index (κ1) is 15.8. The van der Waals surface area contributed by atoms with Gasteiger partial charge in [-0.25, -0.2) is 0 Å². The van der Waals surface area contributed by atoms with E-state index in [1.54, 1.807) is 0 Å². The molecule has 0 atom stereocenters. The van der Waals surface area contributed by atoms with E-state index in [2.05, 4.69) is 21.1 Å². The van der Waals surface area contributed by atoms with Crippen molar-refractivity contribution in [1.29, 1.82) is 0 Å². The van der Waals surface area contributed by atoms with E-state index in [0.717, 1.165) is 35.6 Å². The van der Waals surface area contributed by atoms with Gasteiger partial charge in [0.05, 0.1) is 11.4 Å². The van der Waals surface area contributed by atoms with Gasteiger partial charge >= 0.3 is 0 Å². The number of hydrogen-bond donors (Lipinski definition) is 2. The summed E-state index contributed by atoms with van der Waals surface area (Å²) in [5.74, 6) is 0. The van der Waals surface area contributed by atoms with Crippen molar-refractivity contribution in [2.24, 2.45) is 10.2 Å². The molecule has 0 fully saturated rings. The molecule has 2 N–H and O–H groups in total. The lowest BCUT2D eigenvalue weighted by atomic mass is 10.2. The molecule has 0 heterocycles. The quantitative estimate of drug-likeness (QED) is 0.572. The zero-order chi connectivity index (χ0) is 15.6. The summed E-state index contributed by atoms with van der Waals surface area (Å²) in [6.45, 7) is 4.04. The van der Waals surface area contributed by atoms with Crippen molar-refractivity contribution >= 4 is 22.8 Å². The summed E-state index contributed by atoms with van der Waals surface area (Å²) in [6.07, 6.45) is 1.76. The molecule has 4 nitrogen and oxygen atoms in total. The van der Waals surface area contributed by atoms with Crippen LogP contribution in [0.15, 0.2) is 70.9 Å². The fraction of sp³-hybridized carbons (Fsp3) is 0.222. The largest absolute Gasteiger partial charge is 0.279 e. The Bertz CT molecular complexity index is 561. The van der Waals surface area contributed by atoms with Crippen molar-refractivity contribution < 1.29 is 0 Å². The summed E-state index contributed by atoms with van der Waals surface area (Å²) in [5, 5.41) is 8.75. The van der Waals surface area contributed by atoms with Crippen molar-refractivity contribution in [3.8, 4) is 0 Å². The summed E-state index contributed by atoms with van der Waals surface area (Å²) >= 11 is 0. The fourth-order valence-electron chi connectivity index (χ4n) is 1.82. The Kier molecular flexibility index (Phi) is 6.18. The second-order valence-electron chi connectivity index (χ2n) is 5.15. The Labute approximate surface area is 132 Å². The molecule has 4 heteroatoms. The number of benzene rings is 2. The normalized spacial score (nSPS) is 12.1. The number of para-hydroxylation sites is 2. The van der Waals surface area contributed by atoms with Crippen molar-refractivity contribution in [2.75, 3.05) is 10.9 Å². The summed E-state index contributed by atoms with van der Waals surface area (Å²) in [7, 11) is 0. The van der Waals surface area contributed by atoms with Crippen LogP contribution in [0, 0.1) is 0 Å². The van der Waals surface area contributed by atoms with Gasteiger partial charge < -0.3 is 0 Å². The third kappa shape index (κ3) is 5.79. The summed E-state index contributed by atoms with van der Waals surface area (Å²) in [6, 6.07) is 19.9. The second kappa shape index (κ2) is 8.62. The summed E-state index contributed by atoms with van der Waals surface area (Å²) in [5.41, 5.74) is 10.2. The van der Waals surface area contributed by atoms with E-state index >= 15 is 0 Å². The van der Waals surface area contributed by atoms with Crippen molar-refractivity contribution in [2.45, 2.75) is 26.7 Å². The van der Waals surface area contributed by atoms with Gasteiger partial charge in [0.1, 0.15) is 0 Å². The zero-order valence-corrected chi connectivity index (χ0v) is 13.1. The smallest absolute Gasteiger partial charge is 0.0561 e. The van der Waals surface area contributed by atoms with Crippen molar-refractivity contribution in [3.05, 3.63) is 60.7 Å². The van der Waals surface area contributed by atoms with Crippen LogP contribution in [-0.2, 0) is 0 Å². The summed E-state index contributed by atoms with van der Waals surface area (Å²) < 4.78 is 0. The highest BCUT2D eigenvalue weighted by Gasteiger charge is 1.97. The molecule has 0 aromatic heterocycles. The van der Waals surface area contributed by atoms with Crippen LogP contribution >= 0.6 is 0 Å². The fourth-order valence-corrected chi connectivity index (χ4v) is 1.82. The molecular formula is C18H22N4. The lowest BCUT2D eigenvalue weighted by Gasteiger charge is -2.04. The van der Waals surface area contributed by atoms with Crippen LogP contribution in [0.2, 0.25) is 0 Å². The first-order valence-electron chi connectivity index (χ1n) is 7.42. The van der Waals surface area contributed by atoms with Crippen LogP contribution in [0.5, 0.6) is 0 Å². The van der Waals surface area contributed by atoms with E-state index < -0.39 is 0 Å². The van der Waals surface area contributed by atoms with Crippen molar-refractivity contribution in [1.82, 2.24) is 0 Å². The van der Waals surface area contributed by atoms with Gasteiger partial charge in [0.15, 0.2) is 0 Å². The lowest BCUT2D eigenvalue weighted by Crippen LogP contribution is -2.03. The molecule has 0 bridgehead atoms. The standard InChI is InChI=1S/C18H22N4/c1-15(19-21-17-9-5-3-6-10-17)13-14-16(2)20-22-18-11-7-4-8-12-18/h3-12,21-22H,13-14H2,1-2H3. The first-order valence-corrected chi connectivity index (χ1v) is 7.42. The van der Waals surface area contributed by atoms with Gasteiger partial charge in [0, 0.05) is 11.4 Å². The van der Waals surface area contributed by atoms with Crippen LogP contribution < -0.4 is 10.9 Å². The molecule has 0 aliphatic carbocycles. The minimum absolute atomic E-state index is 0.881. The van der Waals surface area contributed by atoms with Crippen LogP contribution in [-0.4, -0.2) is 11.4 Å². The first-order chi connectivity index (χ1) is 10.7. The van der Waals surface area contributed by atoms with E-state index in [-0.39, 0.29) is 0 Å². The molecule has 0 unspecified atom stereocenters. The Morgan fingerprint density at radius 3 is 1.41 bits per heavy atom. The molecule has 2 aromatic carbocycles. The number of nitrogens with one attached hydrogen (secondary N) is 2. The van der Waals surface area contributed by atoms with Crippen LogP contribution in [0.4, 0.5) is 11.4 Å². The maximum Gasteiger partial charge on any atom is 0.0561 e. The molecule has 114 valence electrons. The molecule has 2 aromatic rings. The minimum atomic E-state index is 0.881. The van der Waals surface area contributed by atoms with Gasteiger partial charge in [0.2, 0.25) is 0 Å². The molecule has 0 amide bonds. The van der Waals surface area contributed by atoms with E-state index in [1.165, 1.54) is 0 Å². The number of anilines is 2. The topological polar surface area (TPSA) is 48.8 Å².